The number of hydrogen-bond donors (Lipinski definition) is 0. The molecule has 0 aromatic heterocycles. The monoisotopic (exact) mass is 469 g/mol. The smallest absolute Gasteiger partial charge is 0.243 e. The van der Waals surface area contributed by atoms with E-state index >= 15 is 0 Å². The lowest BCUT2D eigenvalue weighted by molar-refractivity contribution is -0.133. The van der Waals surface area contributed by atoms with Crippen LogP contribution in [-0.2, 0) is 37.5 Å². The van der Waals surface area contributed by atoms with E-state index in [4.69, 9.17) is 0 Å². The lowest BCUT2D eigenvalue weighted by Gasteiger charge is -2.35. The van der Waals surface area contributed by atoms with E-state index in [0.29, 0.717) is 24.4 Å². The molecule has 1 aromatic carbocycles. The van der Waals surface area contributed by atoms with Crippen molar-refractivity contribution in [2.75, 3.05) is 51.3 Å². The molecule has 0 bridgehead atoms. The Hall–Kier alpha value is -1.49. The zero-order valence-corrected chi connectivity index (χ0v) is 19.6. The molecule has 0 radical (unpaired) electrons. The van der Waals surface area contributed by atoms with E-state index in [1.807, 2.05) is 17.0 Å². The topological polar surface area (TPSA) is 95.1 Å². The summed E-state index contributed by atoms with van der Waals surface area (Å²) >= 11 is 0. The normalized spacial score (nSPS) is 24.3. The fourth-order valence-electron chi connectivity index (χ4n) is 4.76. The number of fused-ring (bicyclic) bond motifs is 1. The average molecular weight is 470 g/mol. The highest BCUT2D eigenvalue weighted by Gasteiger charge is 2.34. The van der Waals surface area contributed by atoms with Gasteiger partial charge in [0, 0.05) is 32.2 Å². The van der Waals surface area contributed by atoms with E-state index in [2.05, 4.69) is 0 Å². The molecular formula is C21H31N3O5S2. The Morgan fingerprint density at radius 3 is 2.42 bits per heavy atom. The van der Waals surface area contributed by atoms with Gasteiger partial charge in [0.25, 0.3) is 0 Å². The number of likely N-dealkylation sites (N-methyl/N-ethyl adjacent to an activating group) is 1. The van der Waals surface area contributed by atoms with Gasteiger partial charge in [0.1, 0.15) is 0 Å². The van der Waals surface area contributed by atoms with E-state index in [9.17, 15) is 21.6 Å². The molecule has 0 spiro atoms. The Balaban J connectivity index is 1.34. The van der Waals surface area contributed by atoms with Crippen LogP contribution in [0.1, 0.15) is 30.4 Å². The highest BCUT2D eigenvalue weighted by atomic mass is 32.2. The molecule has 2 saturated heterocycles. The molecule has 2 aliphatic heterocycles. The minimum absolute atomic E-state index is 0.0855. The van der Waals surface area contributed by atoms with Crippen molar-refractivity contribution in [3.63, 3.8) is 0 Å². The Morgan fingerprint density at radius 2 is 1.77 bits per heavy atom. The Bertz CT molecular complexity index is 1050. The molecule has 8 nitrogen and oxygen atoms in total. The summed E-state index contributed by atoms with van der Waals surface area (Å²) in [7, 11) is -4.79. The van der Waals surface area contributed by atoms with E-state index in [1.54, 1.807) is 18.0 Å². The van der Waals surface area contributed by atoms with Gasteiger partial charge in [-0.3, -0.25) is 9.69 Å². The van der Waals surface area contributed by atoms with Gasteiger partial charge >= 0.3 is 0 Å². The van der Waals surface area contributed by atoms with Crippen LogP contribution in [0.25, 0.3) is 0 Å². The maximum atomic E-state index is 13.1. The van der Waals surface area contributed by atoms with Crippen LogP contribution in [0.15, 0.2) is 23.1 Å². The van der Waals surface area contributed by atoms with Crippen molar-refractivity contribution in [2.24, 2.45) is 0 Å². The third kappa shape index (κ3) is 4.97. The second kappa shape index (κ2) is 8.80. The number of sulfonamides is 1. The molecule has 1 amide bonds. The van der Waals surface area contributed by atoms with Crippen LogP contribution in [-0.4, -0.2) is 94.2 Å². The van der Waals surface area contributed by atoms with Gasteiger partial charge in [-0.05, 0) is 62.4 Å². The minimum Gasteiger partial charge on any atom is -0.339 e. The van der Waals surface area contributed by atoms with Crippen LogP contribution < -0.4 is 0 Å². The first kappa shape index (κ1) is 22.7. The van der Waals surface area contributed by atoms with E-state index < -0.39 is 19.9 Å². The first-order chi connectivity index (χ1) is 14.7. The van der Waals surface area contributed by atoms with Gasteiger partial charge in [0.15, 0.2) is 9.84 Å². The molecule has 0 saturated carbocycles. The van der Waals surface area contributed by atoms with Crippen LogP contribution in [0, 0.1) is 0 Å². The van der Waals surface area contributed by atoms with Crippen LogP contribution in [0.3, 0.4) is 0 Å². The van der Waals surface area contributed by atoms with Gasteiger partial charge in [0.05, 0.1) is 22.9 Å². The van der Waals surface area contributed by atoms with Crippen LogP contribution in [0.2, 0.25) is 0 Å². The number of nitrogens with zero attached hydrogens (tertiary/aromatic N) is 3. The number of aryl methyl sites for hydroxylation is 2. The zero-order chi connectivity index (χ0) is 22.2. The van der Waals surface area contributed by atoms with E-state index in [-0.39, 0.29) is 43.1 Å². The van der Waals surface area contributed by atoms with Gasteiger partial charge in [-0.15, -0.1) is 0 Å². The summed E-state index contributed by atoms with van der Waals surface area (Å²) in [5.74, 6) is 0.191. The fourth-order valence-corrected chi connectivity index (χ4v) is 8.04. The number of amides is 1. The highest BCUT2D eigenvalue weighted by molar-refractivity contribution is 7.91. The van der Waals surface area contributed by atoms with Gasteiger partial charge in [-0.25, -0.2) is 16.8 Å². The SMILES string of the molecule is CN(CC(=O)N1CCN(S(=O)(=O)c2ccc3c(c2)CCCC3)CC1)C1CCS(=O)(=O)C1. The molecule has 2 fully saturated rings. The molecule has 0 N–H and O–H groups in total. The standard InChI is InChI=1S/C21H31N3O5S2/c1-22(19-8-13-30(26,27)16-19)15-21(25)23-9-11-24(12-10-23)31(28,29)20-7-6-17-4-2-3-5-18(17)14-20/h6-7,14,19H,2-5,8-13,15-16H2,1H3. The second-order valence-corrected chi connectivity index (χ2v) is 13.1. The van der Waals surface area contributed by atoms with Crippen LogP contribution in [0.5, 0.6) is 0 Å². The predicted octanol–water partition coefficient (Wildman–Crippen LogP) is 0.517. The number of carbonyl (C=O) groups excluding carboxylic acids is 1. The average Bonchev–Trinajstić information content (AvgIpc) is 3.13. The number of piperazine rings is 1. The lowest BCUT2D eigenvalue weighted by Crippen LogP contribution is -2.53. The third-order valence-corrected chi connectivity index (χ3v) is 10.4. The van der Waals surface area contributed by atoms with Crippen molar-refractivity contribution in [2.45, 2.75) is 43.0 Å². The molecular weight excluding hydrogens is 438 g/mol. The van der Waals surface area contributed by atoms with Crippen molar-refractivity contribution in [3.05, 3.63) is 29.3 Å². The summed E-state index contributed by atoms with van der Waals surface area (Å²) in [6.07, 6.45) is 4.74. The molecule has 1 aromatic rings. The summed E-state index contributed by atoms with van der Waals surface area (Å²) in [5.41, 5.74) is 2.39. The van der Waals surface area contributed by atoms with Gasteiger partial charge in [0.2, 0.25) is 15.9 Å². The van der Waals surface area contributed by atoms with Crippen LogP contribution >= 0.6 is 0 Å². The van der Waals surface area contributed by atoms with Gasteiger partial charge < -0.3 is 4.90 Å². The number of rotatable bonds is 5. The molecule has 31 heavy (non-hydrogen) atoms. The van der Waals surface area contributed by atoms with Gasteiger partial charge in [-0.2, -0.15) is 4.31 Å². The quantitative estimate of drug-likeness (QED) is 0.624. The summed E-state index contributed by atoms with van der Waals surface area (Å²) in [6.45, 7) is 1.39. The van der Waals surface area contributed by atoms with Gasteiger partial charge in [-0.1, -0.05) is 6.07 Å². The molecule has 3 aliphatic rings. The molecule has 1 atom stereocenters. The predicted molar refractivity (Wildman–Crippen MR) is 118 cm³/mol. The second-order valence-electron chi connectivity index (χ2n) is 8.89. The molecule has 1 unspecified atom stereocenters. The third-order valence-electron chi connectivity index (χ3n) is 6.77. The summed E-state index contributed by atoms with van der Waals surface area (Å²) in [5, 5.41) is 0. The number of hydrogen-bond acceptors (Lipinski definition) is 6. The molecule has 10 heteroatoms. The first-order valence-electron chi connectivity index (χ1n) is 11.0. The van der Waals surface area contributed by atoms with Crippen molar-refractivity contribution < 1.29 is 21.6 Å². The Labute approximate surface area is 185 Å². The molecule has 172 valence electrons. The Morgan fingerprint density at radius 1 is 1.10 bits per heavy atom. The van der Waals surface area contributed by atoms with Crippen molar-refractivity contribution in [1.29, 1.82) is 0 Å². The molecule has 4 rings (SSSR count). The van der Waals surface area contributed by atoms with E-state index in [1.165, 1.54) is 9.87 Å². The minimum atomic E-state index is -3.58. The maximum absolute atomic E-state index is 13.1. The lowest BCUT2D eigenvalue weighted by atomic mass is 9.92. The zero-order valence-electron chi connectivity index (χ0n) is 18.0. The number of sulfone groups is 1. The fraction of sp³-hybridized carbons (Fsp3) is 0.667. The summed E-state index contributed by atoms with van der Waals surface area (Å²) < 4.78 is 51.1. The first-order valence-corrected chi connectivity index (χ1v) is 14.2. The largest absolute Gasteiger partial charge is 0.339 e. The highest BCUT2D eigenvalue weighted by Crippen LogP contribution is 2.26. The van der Waals surface area contributed by atoms with Crippen molar-refractivity contribution in [3.8, 4) is 0 Å². The number of carbonyl (C=O) groups is 1. The maximum Gasteiger partial charge on any atom is 0.243 e. The van der Waals surface area contributed by atoms with E-state index in [0.717, 1.165) is 31.2 Å². The number of benzene rings is 1. The molecule has 1 aliphatic carbocycles. The van der Waals surface area contributed by atoms with Crippen molar-refractivity contribution in [1.82, 2.24) is 14.1 Å². The van der Waals surface area contributed by atoms with Crippen molar-refractivity contribution >= 4 is 25.8 Å². The summed E-state index contributed by atoms with van der Waals surface area (Å²) in [6, 6.07) is 5.35. The summed E-state index contributed by atoms with van der Waals surface area (Å²) in [4.78, 5) is 16.5. The molecule has 2 heterocycles. The van der Waals surface area contributed by atoms with Crippen LogP contribution in [0.4, 0.5) is 0 Å². The Kier molecular flexibility index (Phi) is 6.44.